The molecule has 1 aliphatic heterocycles. The molecule has 0 bridgehead atoms. The number of rotatable bonds is 5. The fourth-order valence-corrected chi connectivity index (χ4v) is 3.79. The number of likely N-dealkylation sites (tertiary alicyclic amines) is 1. The summed E-state index contributed by atoms with van der Waals surface area (Å²) < 4.78 is 7.49. The van der Waals surface area contributed by atoms with Crippen LogP contribution in [0.15, 0.2) is 54.6 Å². The largest absolute Gasteiger partial charge is 0.381 e. The zero-order valence-corrected chi connectivity index (χ0v) is 15.7. The van der Waals surface area contributed by atoms with Gasteiger partial charge in [-0.1, -0.05) is 42.5 Å². The number of imidazole rings is 1. The molecule has 0 N–H and O–H groups in total. The van der Waals surface area contributed by atoms with E-state index in [2.05, 4.69) is 16.7 Å². The molecule has 3 aromatic rings. The van der Waals surface area contributed by atoms with Crippen LogP contribution in [0.1, 0.15) is 24.2 Å². The van der Waals surface area contributed by atoms with Gasteiger partial charge in [-0.25, -0.2) is 4.98 Å². The van der Waals surface area contributed by atoms with Gasteiger partial charge in [0.1, 0.15) is 12.4 Å². The number of piperidine rings is 1. The standard InChI is InChI=1S/C22H25N3O2/c1-27-18-11-13-24(14-12-18)22(26)16-25-20-10-6-5-9-19(20)23-21(25)15-17-7-3-2-4-8-17/h2-10,18H,11-16H2,1H3. The van der Waals surface area contributed by atoms with Gasteiger partial charge in [0, 0.05) is 26.6 Å². The fraction of sp³-hybridized carbons (Fsp3) is 0.364. The van der Waals surface area contributed by atoms with Crippen molar-refractivity contribution in [2.45, 2.75) is 31.9 Å². The van der Waals surface area contributed by atoms with Crippen LogP contribution in [-0.4, -0.2) is 46.7 Å². The Kier molecular flexibility index (Phi) is 5.21. The van der Waals surface area contributed by atoms with E-state index >= 15 is 0 Å². The van der Waals surface area contributed by atoms with Crippen molar-refractivity contribution in [3.8, 4) is 0 Å². The SMILES string of the molecule is COC1CCN(C(=O)Cn2c(Cc3ccccc3)nc3ccccc32)CC1. The first-order chi connectivity index (χ1) is 13.2. The van der Waals surface area contributed by atoms with Gasteiger partial charge in [-0.2, -0.15) is 0 Å². The number of benzene rings is 2. The van der Waals surface area contributed by atoms with E-state index in [4.69, 9.17) is 9.72 Å². The summed E-state index contributed by atoms with van der Waals surface area (Å²) in [5, 5.41) is 0. The number of para-hydroxylation sites is 2. The van der Waals surface area contributed by atoms with Crippen molar-refractivity contribution in [2.24, 2.45) is 0 Å². The molecule has 5 heteroatoms. The molecule has 0 radical (unpaired) electrons. The Hall–Kier alpha value is -2.66. The third-order valence-electron chi connectivity index (χ3n) is 5.36. The molecule has 140 valence electrons. The van der Waals surface area contributed by atoms with E-state index in [1.165, 1.54) is 5.56 Å². The first-order valence-electron chi connectivity index (χ1n) is 9.53. The highest BCUT2D eigenvalue weighted by Crippen LogP contribution is 2.20. The summed E-state index contributed by atoms with van der Waals surface area (Å²) in [5.74, 6) is 1.09. The minimum Gasteiger partial charge on any atom is -0.381 e. The third kappa shape index (κ3) is 3.88. The average Bonchev–Trinajstić information content (AvgIpc) is 3.06. The van der Waals surface area contributed by atoms with Gasteiger partial charge in [0.2, 0.25) is 5.91 Å². The predicted octanol–water partition coefficient (Wildman–Crippen LogP) is 3.26. The van der Waals surface area contributed by atoms with Gasteiger partial charge in [-0.05, 0) is 30.5 Å². The molecule has 1 saturated heterocycles. The number of ether oxygens (including phenoxy) is 1. The molecule has 27 heavy (non-hydrogen) atoms. The van der Waals surface area contributed by atoms with Crippen LogP contribution >= 0.6 is 0 Å². The summed E-state index contributed by atoms with van der Waals surface area (Å²) in [7, 11) is 1.75. The molecule has 0 unspecified atom stereocenters. The quantitative estimate of drug-likeness (QED) is 0.699. The number of carbonyl (C=O) groups excluding carboxylic acids is 1. The fourth-order valence-electron chi connectivity index (χ4n) is 3.79. The number of carbonyl (C=O) groups is 1. The Labute approximate surface area is 159 Å². The van der Waals surface area contributed by atoms with Crippen molar-refractivity contribution < 1.29 is 9.53 Å². The summed E-state index contributed by atoms with van der Waals surface area (Å²) in [6, 6.07) is 18.3. The van der Waals surface area contributed by atoms with Crippen LogP contribution < -0.4 is 0 Å². The summed E-state index contributed by atoms with van der Waals surface area (Å²) in [5.41, 5.74) is 3.15. The highest BCUT2D eigenvalue weighted by atomic mass is 16.5. The van der Waals surface area contributed by atoms with Crippen LogP contribution in [0.2, 0.25) is 0 Å². The second-order valence-corrected chi connectivity index (χ2v) is 7.08. The van der Waals surface area contributed by atoms with Crippen LogP contribution in [0.4, 0.5) is 0 Å². The zero-order chi connectivity index (χ0) is 18.6. The lowest BCUT2D eigenvalue weighted by molar-refractivity contribution is -0.134. The van der Waals surface area contributed by atoms with Gasteiger partial charge in [-0.3, -0.25) is 4.79 Å². The molecule has 0 saturated carbocycles. The number of nitrogens with zero attached hydrogens (tertiary/aromatic N) is 3. The van der Waals surface area contributed by atoms with Crippen LogP contribution in [0.3, 0.4) is 0 Å². The number of methoxy groups -OCH3 is 1. The lowest BCUT2D eigenvalue weighted by Gasteiger charge is -2.31. The van der Waals surface area contributed by atoms with Crippen LogP contribution in [0, 0.1) is 0 Å². The Balaban J connectivity index is 1.58. The van der Waals surface area contributed by atoms with Gasteiger partial charge >= 0.3 is 0 Å². The normalized spacial score (nSPS) is 15.4. The summed E-state index contributed by atoms with van der Waals surface area (Å²) in [4.78, 5) is 19.7. The molecule has 2 heterocycles. The van der Waals surface area contributed by atoms with E-state index in [9.17, 15) is 4.79 Å². The van der Waals surface area contributed by atoms with Crippen molar-refractivity contribution in [1.82, 2.24) is 14.5 Å². The van der Waals surface area contributed by atoms with Gasteiger partial charge in [0.25, 0.3) is 0 Å². The molecule has 0 atom stereocenters. The second-order valence-electron chi connectivity index (χ2n) is 7.08. The Morgan fingerprint density at radius 3 is 2.52 bits per heavy atom. The molecule has 1 aromatic heterocycles. The van der Waals surface area contributed by atoms with Crippen LogP contribution in [-0.2, 0) is 22.5 Å². The van der Waals surface area contributed by atoms with Gasteiger partial charge in [0.15, 0.2) is 0 Å². The number of hydrogen-bond donors (Lipinski definition) is 0. The lowest BCUT2D eigenvalue weighted by Crippen LogP contribution is -2.42. The number of fused-ring (bicyclic) bond motifs is 1. The number of amides is 1. The molecule has 0 spiro atoms. The van der Waals surface area contributed by atoms with E-state index in [0.29, 0.717) is 13.0 Å². The van der Waals surface area contributed by atoms with Gasteiger partial charge < -0.3 is 14.2 Å². The van der Waals surface area contributed by atoms with Crippen molar-refractivity contribution in [3.63, 3.8) is 0 Å². The smallest absolute Gasteiger partial charge is 0.242 e. The number of aromatic nitrogens is 2. The third-order valence-corrected chi connectivity index (χ3v) is 5.36. The van der Waals surface area contributed by atoms with Gasteiger partial charge in [0.05, 0.1) is 17.1 Å². The van der Waals surface area contributed by atoms with E-state index < -0.39 is 0 Å². The topological polar surface area (TPSA) is 47.4 Å². The summed E-state index contributed by atoms with van der Waals surface area (Å²) in [6.45, 7) is 1.86. The molecule has 2 aromatic carbocycles. The van der Waals surface area contributed by atoms with Crippen LogP contribution in [0.5, 0.6) is 0 Å². The molecule has 1 fully saturated rings. The molecule has 1 amide bonds. The van der Waals surface area contributed by atoms with Crippen molar-refractivity contribution in [2.75, 3.05) is 20.2 Å². The molecule has 4 rings (SSSR count). The van der Waals surface area contributed by atoms with E-state index in [0.717, 1.165) is 42.8 Å². The Bertz CT molecular complexity index is 912. The molecular formula is C22H25N3O2. The summed E-state index contributed by atoms with van der Waals surface area (Å²) >= 11 is 0. The highest BCUT2D eigenvalue weighted by Gasteiger charge is 2.24. The van der Waals surface area contributed by atoms with E-state index in [1.54, 1.807) is 7.11 Å². The Morgan fingerprint density at radius 2 is 1.78 bits per heavy atom. The molecular weight excluding hydrogens is 338 g/mol. The maximum absolute atomic E-state index is 12.9. The van der Waals surface area contributed by atoms with Crippen molar-refractivity contribution in [1.29, 1.82) is 0 Å². The van der Waals surface area contributed by atoms with Crippen LogP contribution in [0.25, 0.3) is 11.0 Å². The van der Waals surface area contributed by atoms with E-state index in [-0.39, 0.29) is 12.0 Å². The monoisotopic (exact) mass is 363 g/mol. The highest BCUT2D eigenvalue weighted by molar-refractivity contribution is 5.81. The maximum atomic E-state index is 12.9. The Morgan fingerprint density at radius 1 is 1.07 bits per heavy atom. The minimum absolute atomic E-state index is 0.155. The number of hydrogen-bond acceptors (Lipinski definition) is 3. The summed E-state index contributed by atoms with van der Waals surface area (Å²) in [6.07, 6.45) is 2.80. The van der Waals surface area contributed by atoms with Crippen molar-refractivity contribution in [3.05, 3.63) is 66.0 Å². The second kappa shape index (κ2) is 7.92. The molecule has 0 aliphatic carbocycles. The lowest BCUT2D eigenvalue weighted by atomic mass is 10.1. The van der Waals surface area contributed by atoms with Gasteiger partial charge in [-0.15, -0.1) is 0 Å². The van der Waals surface area contributed by atoms with Crippen molar-refractivity contribution >= 4 is 16.9 Å². The predicted molar refractivity (Wildman–Crippen MR) is 106 cm³/mol. The maximum Gasteiger partial charge on any atom is 0.242 e. The average molecular weight is 363 g/mol. The first-order valence-corrected chi connectivity index (χ1v) is 9.53. The zero-order valence-electron chi connectivity index (χ0n) is 15.7. The van der Waals surface area contributed by atoms with E-state index in [1.807, 2.05) is 47.4 Å². The minimum atomic E-state index is 0.155. The molecule has 5 nitrogen and oxygen atoms in total. The molecule has 1 aliphatic rings. The first kappa shape index (κ1) is 17.7.